The Labute approximate surface area is 113 Å². The van der Waals surface area contributed by atoms with Crippen LogP contribution in [-0.2, 0) is 4.79 Å². The summed E-state index contributed by atoms with van der Waals surface area (Å²) in [5.74, 6) is -0.804. The van der Waals surface area contributed by atoms with Crippen molar-refractivity contribution < 1.29 is 9.90 Å². The quantitative estimate of drug-likeness (QED) is 0.946. The van der Waals surface area contributed by atoms with Crippen LogP contribution in [0.5, 0.6) is 0 Å². The van der Waals surface area contributed by atoms with Gasteiger partial charge in [0.15, 0.2) is 5.82 Å². The average molecular weight is 307 g/mol. The Bertz CT molecular complexity index is 569. The summed E-state index contributed by atoms with van der Waals surface area (Å²) in [7, 11) is 0. The van der Waals surface area contributed by atoms with Crippen LogP contribution in [0.3, 0.4) is 0 Å². The third-order valence-electron chi connectivity index (χ3n) is 2.64. The van der Waals surface area contributed by atoms with E-state index in [1.807, 2.05) is 18.2 Å². The number of carboxylic acids is 1. The molecule has 0 saturated heterocycles. The third-order valence-corrected chi connectivity index (χ3v) is 3.05. The maximum absolute atomic E-state index is 11.0. The predicted octanol–water partition coefficient (Wildman–Crippen LogP) is 3.09. The van der Waals surface area contributed by atoms with Crippen molar-refractivity contribution in [1.82, 2.24) is 9.97 Å². The molecule has 0 radical (unpaired) electrons. The lowest BCUT2D eigenvalue weighted by atomic mass is 9.99. The lowest BCUT2D eigenvalue weighted by molar-refractivity contribution is -0.138. The minimum absolute atomic E-state index is 0.541. The van der Waals surface area contributed by atoms with Crippen molar-refractivity contribution in [3.8, 4) is 11.4 Å². The largest absolute Gasteiger partial charge is 0.481 e. The molecule has 0 saturated carbocycles. The molecule has 0 aliphatic rings. The second-order valence-electron chi connectivity index (χ2n) is 3.91. The van der Waals surface area contributed by atoms with E-state index in [9.17, 15) is 4.79 Å². The van der Waals surface area contributed by atoms with E-state index in [1.165, 1.54) is 0 Å². The maximum Gasteiger partial charge on any atom is 0.310 e. The van der Waals surface area contributed by atoms with Crippen LogP contribution in [0, 0.1) is 0 Å². The van der Waals surface area contributed by atoms with E-state index in [4.69, 9.17) is 5.11 Å². The SMILES string of the molecule is CC(C(=O)O)c1cccc(-c2ncc(Br)cn2)c1. The van der Waals surface area contributed by atoms with Crippen molar-refractivity contribution in [2.45, 2.75) is 12.8 Å². The molecule has 0 aliphatic heterocycles. The molecule has 2 rings (SSSR count). The first kappa shape index (κ1) is 12.7. The number of carboxylic acid groups (broad SMARTS) is 1. The number of nitrogens with zero attached hydrogens (tertiary/aromatic N) is 2. The minimum atomic E-state index is -0.844. The van der Waals surface area contributed by atoms with Crippen LogP contribution in [0.15, 0.2) is 41.1 Å². The number of halogens is 1. The van der Waals surface area contributed by atoms with E-state index in [-0.39, 0.29) is 0 Å². The van der Waals surface area contributed by atoms with Crippen LogP contribution in [-0.4, -0.2) is 21.0 Å². The van der Waals surface area contributed by atoms with Crippen molar-refractivity contribution in [2.75, 3.05) is 0 Å². The summed E-state index contributed by atoms with van der Waals surface area (Å²) in [5, 5.41) is 9.00. The third kappa shape index (κ3) is 2.73. The first-order chi connectivity index (χ1) is 8.58. The highest BCUT2D eigenvalue weighted by Crippen LogP contribution is 2.22. The molecule has 1 aromatic carbocycles. The van der Waals surface area contributed by atoms with Gasteiger partial charge in [-0.3, -0.25) is 4.79 Å². The molecule has 1 heterocycles. The zero-order valence-corrected chi connectivity index (χ0v) is 11.3. The Morgan fingerprint density at radius 2 is 2.00 bits per heavy atom. The summed E-state index contributed by atoms with van der Waals surface area (Å²) in [6.07, 6.45) is 3.32. The monoisotopic (exact) mass is 306 g/mol. The van der Waals surface area contributed by atoms with Crippen molar-refractivity contribution in [3.05, 3.63) is 46.7 Å². The Morgan fingerprint density at radius 3 is 2.61 bits per heavy atom. The summed E-state index contributed by atoms with van der Waals surface area (Å²) < 4.78 is 0.807. The first-order valence-corrected chi connectivity index (χ1v) is 6.18. The smallest absolute Gasteiger partial charge is 0.310 e. The zero-order chi connectivity index (χ0) is 13.1. The van der Waals surface area contributed by atoms with Crippen molar-refractivity contribution in [3.63, 3.8) is 0 Å². The molecule has 1 aromatic heterocycles. The summed E-state index contributed by atoms with van der Waals surface area (Å²) in [6.45, 7) is 1.66. The number of hydrogen-bond donors (Lipinski definition) is 1. The van der Waals surface area contributed by atoms with Gasteiger partial charge in [0.25, 0.3) is 0 Å². The van der Waals surface area contributed by atoms with Gasteiger partial charge < -0.3 is 5.11 Å². The topological polar surface area (TPSA) is 63.1 Å². The van der Waals surface area contributed by atoms with Crippen LogP contribution in [0.4, 0.5) is 0 Å². The van der Waals surface area contributed by atoms with Gasteiger partial charge >= 0.3 is 5.97 Å². The van der Waals surface area contributed by atoms with Gasteiger partial charge in [0, 0.05) is 18.0 Å². The van der Waals surface area contributed by atoms with E-state index < -0.39 is 11.9 Å². The summed E-state index contributed by atoms with van der Waals surface area (Å²) in [6, 6.07) is 7.28. The summed E-state index contributed by atoms with van der Waals surface area (Å²) in [4.78, 5) is 19.3. The summed E-state index contributed by atoms with van der Waals surface area (Å²) >= 11 is 3.27. The Kier molecular flexibility index (Phi) is 3.72. The van der Waals surface area contributed by atoms with Gasteiger partial charge in [-0.2, -0.15) is 0 Å². The van der Waals surface area contributed by atoms with Crippen LogP contribution in [0.2, 0.25) is 0 Å². The molecule has 0 aliphatic carbocycles. The van der Waals surface area contributed by atoms with Crippen LogP contribution in [0.25, 0.3) is 11.4 Å². The number of hydrogen-bond acceptors (Lipinski definition) is 3. The number of benzene rings is 1. The van der Waals surface area contributed by atoms with Gasteiger partial charge in [0.1, 0.15) is 0 Å². The molecule has 0 spiro atoms. The van der Waals surface area contributed by atoms with Crippen molar-refractivity contribution >= 4 is 21.9 Å². The van der Waals surface area contributed by atoms with Gasteiger partial charge in [-0.05, 0) is 34.5 Å². The molecule has 4 nitrogen and oxygen atoms in total. The van der Waals surface area contributed by atoms with E-state index >= 15 is 0 Å². The second kappa shape index (κ2) is 5.27. The normalized spacial score (nSPS) is 12.1. The Hall–Kier alpha value is -1.75. The number of aromatic nitrogens is 2. The number of rotatable bonds is 3. The average Bonchev–Trinajstić information content (AvgIpc) is 2.38. The molecule has 1 unspecified atom stereocenters. The van der Waals surface area contributed by atoms with E-state index in [0.29, 0.717) is 5.82 Å². The minimum Gasteiger partial charge on any atom is -0.481 e. The molecule has 18 heavy (non-hydrogen) atoms. The molecule has 1 atom stereocenters. The van der Waals surface area contributed by atoms with E-state index in [1.54, 1.807) is 25.4 Å². The Balaban J connectivity index is 2.38. The van der Waals surface area contributed by atoms with Gasteiger partial charge in [0.05, 0.1) is 10.4 Å². The van der Waals surface area contributed by atoms with Crippen LogP contribution >= 0.6 is 15.9 Å². The molecule has 1 N–H and O–H groups in total. The predicted molar refractivity (Wildman–Crippen MR) is 71.2 cm³/mol. The molecular formula is C13H11BrN2O2. The fraction of sp³-hybridized carbons (Fsp3) is 0.154. The first-order valence-electron chi connectivity index (χ1n) is 5.38. The van der Waals surface area contributed by atoms with E-state index in [2.05, 4.69) is 25.9 Å². The molecular weight excluding hydrogens is 296 g/mol. The van der Waals surface area contributed by atoms with Crippen LogP contribution < -0.4 is 0 Å². The van der Waals surface area contributed by atoms with Gasteiger partial charge in [-0.25, -0.2) is 9.97 Å². The fourth-order valence-corrected chi connectivity index (χ4v) is 1.76. The van der Waals surface area contributed by atoms with E-state index in [0.717, 1.165) is 15.6 Å². The molecule has 0 fully saturated rings. The molecule has 92 valence electrons. The van der Waals surface area contributed by atoms with Crippen molar-refractivity contribution in [2.24, 2.45) is 0 Å². The number of aliphatic carboxylic acids is 1. The van der Waals surface area contributed by atoms with Gasteiger partial charge in [-0.15, -0.1) is 0 Å². The molecule has 2 aromatic rings. The van der Waals surface area contributed by atoms with Gasteiger partial charge in [-0.1, -0.05) is 18.2 Å². The molecule has 5 heteroatoms. The van der Waals surface area contributed by atoms with Crippen LogP contribution in [0.1, 0.15) is 18.4 Å². The highest BCUT2D eigenvalue weighted by molar-refractivity contribution is 9.10. The fourth-order valence-electron chi connectivity index (χ4n) is 1.55. The standard InChI is InChI=1S/C13H11BrN2O2/c1-8(13(17)18)9-3-2-4-10(5-9)12-15-6-11(14)7-16-12/h2-8H,1H3,(H,17,18). The van der Waals surface area contributed by atoms with Gasteiger partial charge in [0.2, 0.25) is 0 Å². The van der Waals surface area contributed by atoms with Crippen molar-refractivity contribution in [1.29, 1.82) is 0 Å². The molecule has 0 amide bonds. The highest BCUT2D eigenvalue weighted by Gasteiger charge is 2.14. The Morgan fingerprint density at radius 1 is 1.33 bits per heavy atom. The number of carbonyl (C=O) groups is 1. The summed E-state index contributed by atoms with van der Waals surface area (Å²) in [5.41, 5.74) is 1.56. The molecule has 0 bridgehead atoms. The zero-order valence-electron chi connectivity index (χ0n) is 9.67. The maximum atomic E-state index is 11.0. The lowest BCUT2D eigenvalue weighted by Gasteiger charge is -2.08. The lowest BCUT2D eigenvalue weighted by Crippen LogP contribution is -2.07. The highest BCUT2D eigenvalue weighted by atomic mass is 79.9. The second-order valence-corrected chi connectivity index (χ2v) is 4.83.